The van der Waals surface area contributed by atoms with Crippen molar-refractivity contribution in [2.24, 2.45) is 17.8 Å². The molecule has 1 aromatic carbocycles. The van der Waals surface area contributed by atoms with Crippen LogP contribution in [0.3, 0.4) is 0 Å². The van der Waals surface area contributed by atoms with E-state index in [1.807, 2.05) is 6.07 Å². The van der Waals surface area contributed by atoms with E-state index in [0.717, 1.165) is 29.3 Å². The predicted octanol–water partition coefficient (Wildman–Crippen LogP) is 3.34. The summed E-state index contributed by atoms with van der Waals surface area (Å²) in [4.78, 5) is 0. The van der Waals surface area contributed by atoms with Crippen LogP contribution in [0.25, 0.3) is 10.9 Å². The number of piperidine rings is 1. The zero-order chi connectivity index (χ0) is 19.3. The molecule has 2 bridgehead atoms. The largest absolute Gasteiger partial charge is 0.388 e. The van der Waals surface area contributed by atoms with E-state index in [-0.39, 0.29) is 5.25 Å². The third kappa shape index (κ3) is 3.39. The second kappa shape index (κ2) is 7.03. The van der Waals surface area contributed by atoms with E-state index >= 15 is 0 Å². The zero-order valence-corrected chi connectivity index (χ0v) is 17.2. The number of halogens is 1. The highest BCUT2D eigenvalue weighted by Gasteiger charge is 2.46. The van der Waals surface area contributed by atoms with Gasteiger partial charge in [0.1, 0.15) is 0 Å². The molecule has 0 amide bonds. The Hall–Kier alpha value is -1.15. The summed E-state index contributed by atoms with van der Waals surface area (Å²) in [7, 11) is -3.22. The Labute approximate surface area is 164 Å². The van der Waals surface area contributed by atoms with Crippen molar-refractivity contribution < 1.29 is 13.5 Å². The number of aromatic amines is 1. The lowest BCUT2D eigenvalue weighted by Gasteiger charge is -2.38. The quantitative estimate of drug-likeness (QED) is 0.790. The highest BCUT2D eigenvalue weighted by molar-refractivity contribution is 7.89. The van der Waals surface area contributed by atoms with E-state index in [9.17, 15) is 13.5 Å². The average Bonchev–Trinajstić information content (AvgIpc) is 3.14. The standard InChI is InChI=1S/C19H26ClN3O3S/c1-11(2)27(25,26)23-9-12-3-4-13(10-23)16(12)7-18(24)17-6-15(20)5-14-8-21-22-19(14)17/h5-6,8,11-13,16,18,24H,3-4,7,9-10H2,1-2H3,(H,21,22). The summed E-state index contributed by atoms with van der Waals surface area (Å²) in [5.74, 6) is 0.947. The van der Waals surface area contributed by atoms with Gasteiger partial charge in [0.05, 0.1) is 23.1 Å². The molecule has 2 N–H and O–H groups in total. The van der Waals surface area contributed by atoms with Crippen LogP contribution in [0.1, 0.15) is 44.8 Å². The van der Waals surface area contributed by atoms with E-state index < -0.39 is 16.1 Å². The number of benzene rings is 1. The molecule has 3 unspecified atom stereocenters. The fraction of sp³-hybridized carbons (Fsp3) is 0.632. The van der Waals surface area contributed by atoms with Gasteiger partial charge in [-0.3, -0.25) is 5.10 Å². The van der Waals surface area contributed by atoms with Crippen molar-refractivity contribution in [2.45, 2.75) is 44.5 Å². The van der Waals surface area contributed by atoms with Gasteiger partial charge in [-0.2, -0.15) is 5.10 Å². The van der Waals surface area contributed by atoms with Crippen LogP contribution < -0.4 is 0 Å². The molecule has 4 rings (SSSR count). The number of hydrogen-bond acceptors (Lipinski definition) is 4. The van der Waals surface area contributed by atoms with Gasteiger partial charge >= 0.3 is 0 Å². The number of fused-ring (bicyclic) bond motifs is 3. The molecule has 2 aromatic rings. The minimum Gasteiger partial charge on any atom is -0.388 e. The van der Waals surface area contributed by atoms with Crippen molar-refractivity contribution >= 4 is 32.5 Å². The normalized spacial score (nSPS) is 27.5. The van der Waals surface area contributed by atoms with Crippen LogP contribution in [0.15, 0.2) is 18.3 Å². The van der Waals surface area contributed by atoms with Crippen LogP contribution in [0.4, 0.5) is 0 Å². The Bertz CT molecular complexity index is 929. The Balaban J connectivity index is 1.53. The monoisotopic (exact) mass is 411 g/mol. The van der Waals surface area contributed by atoms with Gasteiger partial charge in [0.25, 0.3) is 0 Å². The van der Waals surface area contributed by atoms with Gasteiger partial charge in [-0.25, -0.2) is 12.7 Å². The van der Waals surface area contributed by atoms with Crippen molar-refractivity contribution in [1.29, 1.82) is 0 Å². The molecule has 2 heterocycles. The minimum atomic E-state index is -3.22. The van der Waals surface area contributed by atoms with Crippen LogP contribution in [0.2, 0.25) is 5.02 Å². The molecule has 0 radical (unpaired) electrons. The molecule has 2 fully saturated rings. The molecule has 1 aliphatic carbocycles. The molecule has 6 nitrogen and oxygen atoms in total. The van der Waals surface area contributed by atoms with Crippen molar-refractivity contribution in [1.82, 2.24) is 14.5 Å². The maximum Gasteiger partial charge on any atom is 0.216 e. The van der Waals surface area contributed by atoms with E-state index in [1.165, 1.54) is 0 Å². The maximum absolute atomic E-state index is 12.6. The summed E-state index contributed by atoms with van der Waals surface area (Å²) < 4.78 is 26.8. The summed E-state index contributed by atoms with van der Waals surface area (Å²) in [6.45, 7) is 4.62. The molecular formula is C19H26ClN3O3S. The van der Waals surface area contributed by atoms with Crippen molar-refractivity contribution in [3.63, 3.8) is 0 Å². The first kappa shape index (κ1) is 19.2. The Morgan fingerprint density at radius 2 is 1.96 bits per heavy atom. The molecule has 3 atom stereocenters. The van der Waals surface area contributed by atoms with E-state index in [2.05, 4.69) is 10.2 Å². The number of aromatic nitrogens is 2. The smallest absolute Gasteiger partial charge is 0.216 e. The number of rotatable bonds is 5. The number of nitrogens with zero attached hydrogens (tertiary/aromatic N) is 2. The third-order valence-corrected chi connectivity index (χ3v) is 8.78. The lowest BCUT2D eigenvalue weighted by molar-refractivity contribution is 0.0874. The fourth-order valence-electron chi connectivity index (χ4n) is 4.88. The minimum absolute atomic E-state index is 0.309. The van der Waals surface area contributed by atoms with Crippen LogP contribution in [0.5, 0.6) is 0 Å². The van der Waals surface area contributed by atoms with Gasteiger partial charge < -0.3 is 5.11 Å². The van der Waals surface area contributed by atoms with Gasteiger partial charge in [0.2, 0.25) is 10.0 Å². The number of sulfonamides is 1. The van der Waals surface area contributed by atoms with Crippen molar-refractivity contribution in [3.05, 3.63) is 28.9 Å². The molecule has 1 saturated heterocycles. The van der Waals surface area contributed by atoms with Crippen LogP contribution in [-0.4, -0.2) is 46.4 Å². The van der Waals surface area contributed by atoms with Gasteiger partial charge in [-0.05, 0) is 63.0 Å². The number of nitrogens with one attached hydrogen (secondary N) is 1. The second-order valence-electron chi connectivity index (χ2n) is 8.25. The van der Waals surface area contributed by atoms with Crippen LogP contribution in [0, 0.1) is 17.8 Å². The van der Waals surface area contributed by atoms with E-state index in [1.54, 1.807) is 30.4 Å². The van der Waals surface area contributed by atoms with Crippen LogP contribution >= 0.6 is 11.6 Å². The highest BCUT2D eigenvalue weighted by atomic mass is 35.5. The fourth-order valence-corrected chi connectivity index (χ4v) is 6.51. The first-order chi connectivity index (χ1) is 12.8. The Kier molecular flexibility index (Phi) is 4.99. The first-order valence-electron chi connectivity index (χ1n) is 9.57. The summed E-state index contributed by atoms with van der Waals surface area (Å²) in [6.07, 6.45) is 3.74. The molecule has 1 aromatic heterocycles. The summed E-state index contributed by atoms with van der Waals surface area (Å²) in [5.41, 5.74) is 1.59. The zero-order valence-electron chi connectivity index (χ0n) is 15.6. The lowest BCUT2D eigenvalue weighted by Crippen LogP contribution is -2.47. The molecule has 1 aliphatic heterocycles. The molecule has 1 saturated carbocycles. The second-order valence-corrected chi connectivity index (χ2v) is 11.2. The topological polar surface area (TPSA) is 86.3 Å². The van der Waals surface area contributed by atoms with Gasteiger partial charge in [-0.1, -0.05) is 11.6 Å². The maximum atomic E-state index is 12.6. The molecular weight excluding hydrogens is 386 g/mol. The van der Waals surface area contributed by atoms with Gasteiger partial charge in [-0.15, -0.1) is 0 Å². The summed E-state index contributed by atoms with van der Waals surface area (Å²) >= 11 is 6.21. The van der Waals surface area contributed by atoms with E-state index in [4.69, 9.17) is 11.6 Å². The highest BCUT2D eigenvalue weighted by Crippen LogP contribution is 2.47. The van der Waals surface area contributed by atoms with Crippen molar-refractivity contribution in [2.75, 3.05) is 13.1 Å². The lowest BCUT2D eigenvalue weighted by atomic mass is 9.81. The molecule has 8 heteroatoms. The first-order valence-corrected chi connectivity index (χ1v) is 11.4. The molecule has 2 aliphatic rings. The van der Waals surface area contributed by atoms with E-state index in [0.29, 0.717) is 42.3 Å². The average molecular weight is 412 g/mol. The Morgan fingerprint density at radius 3 is 2.59 bits per heavy atom. The molecule has 148 valence electrons. The predicted molar refractivity (Wildman–Crippen MR) is 106 cm³/mol. The number of hydrogen-bond donors (Lipinski definition) is 2. The molecule has 27 heavy (non-hydrogen) atoms. The van der Waals surface area contributed by atoms with Gasteiger partial charge in [0.15, 0.2) is 0 Å². The SMILES string of the molecule is CC(C)S(=O)(=O)N1CC2CCC(C1)C2CC(O)c1cc(Cl)cc2cn[nH]c12. The summed E-state index contributed by atoms with van der Waals surface area (Å²) in [5, 5.41) is 19.0. The number of H-pyrrole nitrogens is 1. The molecule has 0 spiro atoms. The van der Waals surface area contributed by atoms with Gasteiger partial charge in [0, 0.05) is 29.1 Å². The Morgan fingerprint density at radius 1 is 1.30 bits per heavy atom. The third-order valence-electron chi connectivity index (χ3n) is 6.35. The number of aliphatic hydroxyl groups is 1. The summed E-state index contributed by atoms with van der Waals surface area (Å²) in [6, 6.07) is 3.63. The van der Waals surface area contributed by atoms with Crippen LogP contribution in [-0.2, 0) is 10.0 Å². The number of aliphatic hydroxyl groups excluding tert-OH is 1. The van der Waals surface area contributed by atoms with Crippen molar-refractivity contribution in [3.8, 4) is 0 Å².